The van der Waals surface area contributed by atoms with Gasteiger partial charge in [0.05, 0.1) is 6.04 Å². The van der Waals surface area contributed by atoms with Crippen molar-refractivity contribution in [3.63, 3.8) is 0 Å². The number of fused-ring (bicyclic) bond motifs is 2. The Balaban J connectivity index is 1.05. The highest BCUT2D eigenvalue weighted by Crippen LogP contribution is 2.40. The first kappa shape index (κ1) is 34.2. The number of oxime groups is 1. The van der Waals surface area contributed by atoms with Crippen LogP contribution in [-0.4, -0.2) is 92.3 Å². The second-order valence-electron chi connectivity index (χ2n) is 12.4. The number of rotatable bonds is 11. The molecule has 3 atom stereocenters. The number of carbonyl (C=O) groups excluding carboxylic acids is 2. The number of hydrogen-bond acceptors (Lipinski definition) is 11. The summed E-state index contributed by atoms with van der Waals surface area (Å²) in [4.78, 5) is 53.9. The average molecular weight is 730 g/mol. The average Bonchev–Trinajstić information content (AvgIpc) is 3.75. The fourth-order valence-corrected chi connectivity index (χ4v) is 8.41. The summed E-state index contributed by atoms with van der Waals surface area (Å²) in [6.45, 7) is 2.77. The number of thiazole rings is 1. The minimum Gasteiger partial charge on any atom is -0.477 e. The number of hydrogen-bond donors (Lipinski definition) is 5. The number of piperidine rings is 1. The SMILES string of the molecule is CO/N=C(\C(=O)N[C@@H]1C(=O)N2C(C(=O)O)=C(C[n+]3ccc4ccn(Cc5ccc(C(N)=NC6CCCNC6)cc5)c4c3)CS[C@H]12)c1csc(N)n1. The van der Waals surface area contributed by atoms with Gasteiger partial charge in [0.25, 0.3) is 11.8 Å². The number of pyridine rings is 1. The Hall–Kier alpha value is -5.26. The molecule has 0 saturated carbocycles. The minimum atomic E-state index is -1.21. The summed E-state index contributed by atoms with van der Waals surface area (Å²) in [6, 6.07) is 11.4. The lowest BCUT2D eigenvalue weighted by molar-refractivity contribution is -0.687. The summed E-state index contributed by atoms with van der Waals surface area (Å²) in [5, 5.41) is 22.3. The molecule has 15 nitrogen and oxygen atoms in total. The van der Waals surface area contributed by atoms with Crippen LogP contribution in [-0.2, 0) is 32.3 Å². The number of carboxylic acids is 1. The Bertz CT molecular complexity index is 2080. The first-order valence-corrected chi connectivity index (χ1v) is 18.3. The van der Waals surface area contributed by atoms with Crippen molar-refractivity contribution in [2.45, 2.75) is 43.4 Å². The normalized spacial score (nSPS) is 21.0. The van der Waals surface area contributed by atoms with E-state index in [-0.39, 0.29) is 34.8 Å². The van der Waals surface area contributed by atoms with Crippen LogP contribution in [0.25, 0.3) is 10.9 Å². The van der Waals surface area contributed by atoms with Crippen LogP contribution in [0.15, 0.2) is 81.8 Å². The van der Waals surface area contributed by atoms with Crippen molar-refractivity contribution in [3.05, 3.63) is 88.5 Å². The Labute approximate surface area is 301 Å². The van der Waals surface area contributed by atoms with Crippen molar-refractivity contribution >= 4 is 68.5 Å². The van der Waals surface area contributed by atoms with E-state index in [2.05, 4.69) is 37.5 Å². The molecule has 1 aromatic carbocycles. The summed E-state index contributed by atoms with van der Waals surface area (Å²) < 4.78 is 4.06. The summed E-state index contributed by atoms with van der Waals surface area (Å²) in [6.07, 6.45) is 8.05. The predicted molar refractivity (Wildman–Crippen MR) is 194 cm³/mol. The van der Waals surface area contributed by atoms with Gasteiger partial charge in [-0.3, -0.25) is 19.5 Å². The zero-order valence-corrected chi connectivity index (χ0v) is 29.3. The van der Waals surface area contributed by atoms with E-state index < -0.39 is 29.2 Å². The molecule has 1 unspecified atom stereocenters. The zero-order chi connectivity index (χ0) is 35.6. The minimum absolute atomic E-state index is 0.0714. The molecule has 7 rings (SSSR count). The second kappa shape index (κ2) is 14.5. The number of aliphatic imine (C=N–C) groups is 1. The topological polar surface area (TPSA) is 206 Å². The molecule has 0 radical (unpaired) electrons. The van der Waals surface area contributed by atoms with Crippen molar-refractivity contribution < 1.29 is 28.9 Å². The van der Waals surface area contributed by atoms with Crippen LogP contribution in [0.2, 0.25) is 0 Å². The number of nitrogens with two attached hydrogens (primary N) is 2. The maximum absolute atomic E-state index is 13.3. The molecule has 3 aliphatic heterocycles. The molecule has 0 aliphatic carbocycles. The molecule has 4 aromatic rings. The number of nitrogen functional groups attached to an aromatic ring is 1. The number of amidine groups is 1. The standard InChI is InChI=1S/C34H36N10O5S2/c1-49-41-26(24-18-51-34(36)39-24)30(45)40-27-31(46)44-28(33(47)48)22(17-50-32(27)44)15-42-11-8-20-9-12-43(25(20)16-42)14-19-4-6-21(7-5-19)29(35)38-23-3-2-10-37-13-23/h4-9,11-12,16,18,23,27,32,37H,2-3,10,13-15,17H2,1H3,(H5-,35,36,38,39,40,45,47,48)/p+1/b41-26-/t23?,27-,32-/m1/s1. The number of nitrogens with zero attached hydrogens (tertiary/aromatic N) is 6. The Kier molecular flexibility index (Phi) is 9.75. The van der Waals surface area contributed by atoms with Crippen LogP contribution >= 0.6 is 23.1 Å². The molecule has 0 spiro atoms. The molecule has 0 bridgehead atoms. The van der Waals surface area contributed by atoms with Gasteiger partial charge in [0.1, 0.15) is 41.3 Å². The molecule has 7 N–H and O–H groups in total. The third kappa shape index (κ3) is 7.04. The number of nitrogens with one attached hydrogen (secondary N) is 2. The van der Waals surface area contributed by atoms with Crippen molar-refractivity contribution in [3.8, 4) is 0 Å². The third-order valence-electron chi connectivity index (χ3n) is 9.04. The van der Waals surface area contributed by atoms with Crippen LogP contribution in [0.3, 0.4) is 0 Å². The van der Waals surface area contributed by atoms with E-state index in [1.807, 2.05) is 47.4 Å². The van der Waals surface area contributed by atoms with Gasteiger partial charge in [-0.2, -0.15) is 4.57 Å². The summed E-state index contributed by atoms with van der Waals surface area (Å²) in [7, 11) is 1.29. The Morgan fingerprint density at radius 1 is 1.24 bits per heavy atom. The van der Waals surface area contributed by atoms with Gasteiger partial charge in [0, 0.05) is 53.0 Å². The van der Waals surface area contributed by atoms with Gasteiger partial charge in [-0.25, -0.2) is 9.78 Å². The predicted octanol–water partition coefficient (Wildman–Crippen LogP) is 1.26. The van der Waals surface area contributed by atoms with Crippen LogP contribution in [0, 0.1) is 0 Å². The number of carbonyl (C=O) groups is 3. The van der Waals surface area contributed by atoms with Crippen molar-refractivity contribution in [1.29, 1.82) is 0 Å². The lowest BCUT2D eigenvalue weighted by atomic mass is 10.0. The fraction of sp³-hybridized carbons (Fsp3) is 0.324. The fourth-order valence-electron chi connectivity index (χ4n) is 6.52. The molecule has 3 aliphatic rings. The molecular formula is C34H37N10O5S2+. The highest BCUT2D eigenvalue weighted by molar-refractivity contribution is 8.00. The number of thioether (sulfide) groups is 1. The van der Waals surface area contributed by atoms with Gasteiger partial charge < -0.3 is 36.6 Å². The maximum Gasteiger partial charge on any atom is 0.352 e. The molecule has 2 amide bonds. The monoisotopic (exact) mass is 729 g/mol. The number of aliphatic carboxylic acids is 1. The van der Waals surface area contributed by atoms with Gasteiger partial charge in [-0.1, -0.05) is 29.4 Å². The number of β-lactam (4-membered cyclic amide) rings is 1. The molecule has 2 fully saturated rings. The van der Waals surface area contributed by atoms with Crippen LogP contribution in [0.1, 0.15) is 29.7 Å². The highest BCUT2D eigenvalue weighted by Gasteiger charge is 2.54. The van der Waals surface area contributed by atoms with Gasteiger partial charge in [-0.05, 0) is 31.0 Å². The molecule has 3 aromatic heterocycles. The zero-order valence-electron chi connectivity index (χ0n) is 27.7. The van der Waals surface area contributed by atoms with Crippen LogP contribution in [0.5, 0.6) is 0 Å². The van der Waals surface area contributed by atoms with E-state index in [1.54, 1.807) is 5.38 Å². The summed E-state index contributed by atoms with van der Waals surface area (Å²) >= 11 is 2.52. The van der Waals surface area contributed by atoms with Crippen molar-refractivity contribution in [1.82, 2.24) is 25.1 Å². The molecular weight excluding hydrogens is 693 g/mol. The quantitative estimate of drug-likeness (QED) is 0.0491. The first-order chi connectivity index (χ1) is 24.7. The van der Waals surface area contributed by atoms with Gasteiger partial charge >= 0.3 is 5.97 Å². The molecule has 17 heteroatoms. The number of aromatic nitrogens is 3. The van der Waals surface area contributed by atoms with Gasteiger partial charge in [0.15, 0.2) is 29.8 Å². The summed E-state index contributed by atoms with van der Waals surface area (Å²) in [5.74, 6) is -1.51. The van der Waals surface area contributed by atoms with Crippen molar-refractivity contribution in [2.24, 2.45) is 15.9 Å². The van der Waals surface area contributed by atoms with Gasteiger partial charge in [0.2, 0.25) is 0 Å². The Morgan fingerprint density at radius 3 is 2.76 bits per heavy atom. The van der Waals surface area contributed by atoms with Crippen molar-refractivity contribution in [2.75, 3.05) is 31.7 Å². The smallest absolute Gasteiger partial charge is 0.352 e. The molecule has 2 saturated heterocycles. The molecule has 51 heavy (non-hydrogen) atoms. The van der Waals surface area contributed by atoms with Gasteiger partial charge in [-0.15, -0.1) is 23.1 Å². The van der Waals surface area contributed by atoms with E-state index in [9.17, 15) is 19.5 Å². The number of amides is 2. The number of anilines is 1. The maximum atomic E-state index is 13.3. The summed E-state index contributed by atoms with van der Waals surface area (Å²) in [5.41, 5.74) is 15.6. The Morgan fingerprint density at radius 2 is 2.06 bits per heavy atom. The molecule has 264 valence electrons. The lowest BCUT2D eigenvalue weighted by Gasteiger charge is -2.49. The highest BCUT2D eigenvalue weighted by atomic mass is 32.2. The number of benzene rings is 1. The third-order valence-corrected chi connectivity index (χ3v) is 11.1. The lowest BCUT2D eigenvalue weighted by Crippen LogP contribution is -2.71. The van der Waals surface area contributed by atoms with E-state index >= 15 is 0 Å². The van der Waals surface area contributed by atoms with Crippen LogP contribution < -0.4 is 26.7 Å². The molecule has 6 heterocycles. The van der Waals surface area contributed by atoms with E-state index in [0.29, 0.717) is 23.7 Å². The van der Waals surface area contributed by atoms with Crippen LogP contribution in [0.4, 0.5) is 5.13 Å². The first-order valence-electron chi connectivity index (χ1n) is 16.3. The second-order valence-corrected chi connectivity index (χ2v) is 14.4. The van der Waals surface area contributed by atoms with E-state index in [1.165, 1.54) is 23.8 Å². The van der Waals surface area contributed by atoms with E-state index in [0.717, 1.165) is 59.3 Å². The number of carboxylic acid groups (broad SMARTS) is 1. The van der Waals surface area contributed by atoms with E-state index in [4.69, 9.17) is 21.3 Å². The largest absolute Gasteiger partial charge is 0.477 e.